The number of hydrogen-bond donors (Lipinski definition) is 2. The highest BCUT2D eigenvalue weighted by Crippen LogP contribution is 2.22. The highest BCUT2D eigenvalue weighted by molar-refractivity contribution is 5.82. The van der Waals surface area contributed by atoms with Gasteiger partial charge in [-0.05, 0) is 62.9 Å². The number of benzene rings is 1. The molecular weight excluding hydrogens is 574 g/mol. The number of anilines is 2. The summed E-state index contributed by atoms with van der Waals surface area (Å²) in [7, 11) is 1.70. The number of piperazine rings is 1. The van der Waals surface area contributed by atoms with Crippen LogP contribution in [0.4, 0.5) is 16.6 Å². The lowest BCUT2D eigenvalue weighted by Crippen LogP contribution is -2.47. The third kappa shape index (κ3) is 10.4. The number of aryl methyl sites for hydroxylation is 1. The van der Waals surface area contributed by atoms with Crippen LogP contribution >= 0.6 is 0 Å². The van der Waals surface area contributed by atoms with Crippen molar-refractivity contribution >= 4 is 23.8 Å². The number of aromatic nitrogens is 3. The second-order valence-electron chi connectivity index (χ2n) is 12.0. The Hall–Kier alpha value is -4.29. The van der Waals surface area contributed by atoms with Gasteiger partial charge < -0.3 is 34.6 Å². The Bertz CT molecular complexity index is 1390. The molecule has 0 spiro atoms. The van der Waals surface area contributed by atoms with Gasteiger partial charge in [0.15, 0.2) is 6.29 Å². The van der Waals surface area contributed by atoms with E-state index < -0.39 is 18.0 Å². The molecule has 45 heavy (non-hydrogen) atoms. The lowest BCUT2D eigenvalue weighted by atomic mass is 10.1. The van der Waals surface area contributed by atoms with E-state index in [1.165, 1.54) is 0 Å². The minimum Gasteiger partial charge on any atom is -0.444 e. The first-order valence-corrected chi connectivity index (χ1v) is 15.4. The number of aliphatic hydroxyl groups excluding tert-OH is 1. The summed E-state index contributed by atoms with van der Waals surface area (Å²) in [6.07, 6.45) is 5.43. The Morgan fingerprint density at radius 3 is 2.33 bits per heavy atom. The van der Waals surface area contributed by atoms with E-state index in [2.05, 4.69) is 36.1 Å². The predicted octanol–water partition coefficient (Wildman–Crippen LogP) is 3.64. The summed E-state index contributed by atoms with van der Waals surface area (Å²) < 4.78 is 10.4. The third-order valence-corrected chi connectivity index (χ3v) is 7.26. The van der Waals surface area contributed by atoms with Crippen molar-refractivity contribution in [3.63, 3.8) is 0 Å². The molecule has 0 radical (unpaired) electrons. The van der Waals surface area contributed by atoms with E-state index in [4.69, 9.17) is 9.47 Å². The number of rotatable bonds is 12. The van der Waals surface area contributed by atoms with Gasteiger partial charge in [0.2, 0.25) is 11.9 Å². The molecule has 2 aromatic heterocycles. The molecule has 1 fully saturated rings. The molecule has 4 rings (SSSR count). The molecule has 0 aliphatic carbocycles. The summed E-state index contributed by atoms with van der Waals surface area (Å²) in [6.45, 7) is 11.1. The van der Waals surface area contributed by atoms with E-state index in [-0.39, 0.29) is 12.5 Å². The molecule has 1 atom stereocenters. The molecule has 0 bridgehead atoms. The minimum atomic E-state index is -0.740. The number of aliphatic hydroxyl groups is 1. The first kappa shape index (κ1) is 33.6. The standard InChI is InChI=1S/C33H45N7O5/c1-6-44-30(42)13-11-24-10-12-28(34-19-24)39-14-16-40(17-15-39)31-35-20-27(21-36-31)26-9-7-8-25(18-26)23-38(5)29(41)22-37-32(43)45-33(2,3)4/h7-10,12,18-21,30,42H,6,11,13-17,22-23H2,1-5H3,(H,37,43). The number of carbonyl (C=O) groups excluding carboxylic acids is 2. The van der Waals surface area contributed by atoms with E-state index in [0.717, 1.165) is 54.3 Å². The number of nitrogens with one attached hydrogen (secondary N) is 1. The van der Waals surface area contributed by atoms with Crippen LogP contribution in [-0.4, -0.2) is 95.2 Å². The molecule has 0 saturated carbocycles. The van der Waals surface area contributed by atoms with E-state index in [9.17, 15) is 14.7 Å². The summed E-state index contributed by atoms with van der Waals surface area (Å²) in [5.74, 6) is 1.40. The van der Waals surface area contributed by atoms with Gasteiger partial charge in [0.1, 0.15) is 18.0 Å². The molecule has 2 N–H and O–H groups in total. The van der Waals surface area contributed by atoms with Gasteiger partial charge in [-0.1, -0.05) is 24.3 Å². The number of hydrogen-bond acceptors (Lipinski definition) is 10. The average Bonchev–Trinajstić information content (AvgIpc) is 3.02. The fourth-order valence-corrected chi connectivity index (χ4v) is 4.89. The van der Waals surface area contributed by atoms with Gasteiger partial charge in [0.05, 0.1) is 0 Å². The van der Waals surface area contributed by atoms with Crippen LogP contribution in [0.3, 0.4) is 0 Å². The van der Waals surface area contributed by atoms with Crippen molar-refractivity contribution in [2.45, 2.75) is 59.0 Å². The second-order valence-corrected chi connectivity index (χ2v) is 12.0. The zero-order valence-electron chi connectivity index (χ0n) is 26.9. The van der Waals surface area contributed by atoms with Gasteiger partial charge in [0.25, 0.3) is 0 Å². The smallest absolute Gasteiger partial charge is 0.408 e. The maximum absolute atomic E-state index is 12.6. The highest BCUT2D eigenvalue weighted by Gasteiger charge is 2.21. The number of nitrogens with zero attached hydrogens (tertiary/aromatic N) is 6. The van der Waals surface area contributed by atoms with Crippen LogP contribution in [0, 0.1) is 0 Å². The topological polar surface area (TPSA) is 133 Å². The minimum absolute atomic E-state index is 0.140. The van der Waals surface area contributed by atoms with E-state index >= 15 is 0 Å². The number of amides is 2. The summed E-state index contributed by atoms with van der Waals surface area (Å²) in [5.41, 5.74) is 3.24. The van der Waals surface area contributed by atoms with Gasteiger partial charge in [-0.2, -0.15) is 0 Å². The Morgan fingerprint density at radius 2 is 1.69 bits per heavy atom. The lowest BCUT2D eigenvalue weighted by molar-refractivity contribution is -0.129. The van der Waals surface area contributed by atoms with Crippen molar-refractivity contribution in [2.75, 3.05) is 56.2 Å². The molecule has 1 aliphatic rings. The molecule has 1 aliphatic heterocycles. The van der Waals surface area contributed by atoms with Gasteiger partial charge in [-0.15, -0.1) is 0 Å². The lowest BCUT2D eigenvalue weighted by Gasteiger charge is -2.35. The van der Waals surface area contributed by atoms with Gasteiger partial charge in [0, 0.05) is 77.0 Å². The Kier molecular flexibility index (Phi) is 11.7. The van der Waals surface area contributed by atoms with Crippen molar-refractivity contribution in [3.05, 3.63) is 66.1 Å². The molecule has 12 heteroatoms. The number of ether oxygens (including phenoxy) is 2. The summed E-state index contributed by atoms with van der Waals surface area (Å²) in [5, 5.41) is 12.3. The molecule has 1 unspecified atom stereocenters. The SMILES string of the molecule is CCOC(O)CCc1ccc(N2CCN(c3ncc(-c4cccc(CN(C)C(=O)CNC(=O)OC(C)(C)C)c4)cn3)CC2)nc1. The van der Waals surface area contributed by atoms with Crippen molar-refractivity contribution in [2.24, 2.45) is 0 Å². The van der Waals surface area contributed by atoms with E-state index in [1.807, 2.05) is 55.8 Å². The predicted molar refractivity (Wildman–Crippen MR) is 173 cm³/mol. The van der Waals surface area contributed by atoms with Crippen LogP contribution in [0.25, 0.3) is 11.1 Å². The van der Waals surface area contributed by atoms with E-state index in [0.29, 0.717) is 31.9 Å². The van der Waals surface area contributed by atoms with E-state index in [1.54, 1.807) is 32.7 Å². The van der Waals surface area contributed by atoms with Crippen LogP contribution in [0.1, 0.15) is 45.2 Å². The van der Waals surface area contributed by atoms with Crippen molar-refractivity contribution in [3.8, 4) is 11.1 Å². The summed E-state index contributed by atoms with van der Waals surface area (Å²) >= 11 is 0. The zero-order chi connectivity index (χ0) is 32.4. The summed E-state index contributed by atoms with van der Waals surface area (Å²) in [4.78, 5) is 44.4. The monoisotopic (exact) mass is 619 g/mol. The summed E-state index contributed by atoms with van der Waals surface area (Å²) in [6, 6.07) is 12.0. The molecule has 1 saturated heterocycles. The first-order chi connectivity index (χ1) is 21.5. The van der Waals surface area contributed by atoms with Crippen LogP contribution in [0.15, 0.2) is 55.0 Å². The first-order valence-electron chi connectivity index (χ1n) is 15.4. The van der Waals surface area contributed by atoms with Crippen LogP contribution in [-0.2, 0) is 27.2 Å². The molecule has 242 valence electrons. The number of carbonyl (C=O) groups is 2. The number of alkyl carbamates (subject to hydrolysis) is 1. The normalized spacial score (nSPS) is 14.2. The van der Waals surface area contributed by atoms with Gasteiger partial charge >= 0.3 is 6.09 Å². The maximum atomic E-state index is 12.6. The maximum Gasteiger partial charge on any atom is 0.408 e. The number of likely N-dealkylation sites (N-methyl/N-ethyl adjacent to an activating group) is 1. The molecule has 3 aromatic rings. The Labute approximate surface area is 265 Å². The molecule has 3 heterocycles. The molecule has 2 amide bonds. The van der Waals surface area contributed by atoms with Gasteiger partial charge in [-0.3, -0.25) is 4.79 Å². The largest absolute Gasteiger partial charge is 0.444 e. The average molecular weight is 620 g/mol. The van der Waals surface area contributed by atoms with Crippen LogP contribution in [0.5, 0.6) is 0 Å². The third-order valence-electron chi connectivity index (χ3n) is 7.26. The Balaban J connectivity index is 1.26. The zero-order valence-corrected chi connectivity index (χ0v) is 26.9. The van der Waals surface area contributed by atoms with Gasteiger partial charge in [-0.25, -0.2) is 19.7 Å². The number of pyridine rings is 1. The van der Waals surface area contributed by atoms with Crippen molar-refractivity contribution in [1.29, 1.82) is 0 Å². The second kappa shape index (κ2) is 15.6. The quantitative estimate of drug-likeness (QED) is 0.290. The van der Waals surface area contributed by atoms with Crippen LogP contribution in [0.2, 0.25) is 0 Å². The highest BCUT2D eigenvalue weighted by atomic mass is 16.6. The molecule has 12 nitrogen and oxygen atoms in total. The molecular formula is C33H45N7O5. The fraction of sp³-hybridized carbons (Fsp3) is 0.485. The van der Waals surface area contributed by atoms with Crippen LogP contribution < -0.4 is 15.1 Å². The fourth-order valence-electron chi connectivity index (χ4n) is 4.89. The van der Waals surface area contributed by atoms with Crippen molar-refractivity contribution < 1.29 is 24.2 Å². The van der Waals surface area contributed by atoms with Crippen molar-refractivity contribution in [1.82, 2.24) is 25.2 Å². The Morgan fingerprint density at radius 1 is 0.978 bits per heavy atom. The molecule has 1 aromatic carbocycles.